The van der Waals surface area contributed by atoms with E-state index in [-0.39, 0.29) is 16.3 Å². The SMILES string of the molecule is O=C(COc1ccc(S(=O)(=O)N2CCCCC2)cc1)Nc1cccc(C(F)(F)F)c1. The van der Waals surface area contributed by atoms with E-state index in [4.69, 9.17) is 4.74 Å². The van der Waals surface area contributed by atoms with E-state index in [1.54, 1.807) is 0 Å². The fourth-order valence-electron chi connectivity index (χ4n) is 3.08. The maximum Gasteiger partial charge on any atom is 0.416 e. The van der Waals surface area contributed by atoms with Gasteiger partial charge in [0, 0.05) is 18.8 Å². The summed E-state index contributed by atoms with van der Waals surface area (Å²) in [6, 6.07) is 9.97. The largest absolute Gasteiger partial charge is 0.484 e. The molecule has 1 N–H and O–H groups in total. The highest BCUT2D eigenvalue weighted by Crippen LogP contribution is 2.30. The molecule has 1 amide bonds. The van der Waals surface area contributed by atoms with Gasteiger partial charge in [-0.2, -0.15) is 17.5 Å². The summed E-state index contributed by atoms with van der Waals surface area (Å²) in [5.74, 6) is -0.369. The Hall–Kier alpha value is -2.59. The van der Waals surface area contributed by atoms with Crippen LogP contribution in [0.25, 0.3) is 0 Å². The van der Waals surface area contributed by atoms with Crippen LogP contribution >= 0.6 is 0 Å². The summed E-state index contributed by atoms with van der Waals surface area (Å²) < 4.78 is 70.2. The molecule has 0 atom stereocenters. The first kappa shape index (κ1) is 22.1. The Balaban J connectivity index is 1.57. The number of carbonyl (C=O) groups is 1. The fraction of sp³-hybridized carbons (Fsp3) is 0.350. The highest BCUT2D eigenvalue weighted by atomic mass is 32.2. The van der Waals surface area contributed by atoms with Crippen LogP contribution in [0.5, 0.6) is 5.75 Å². The van der Waals surface area contributed by atoms with Crippen molar-refractivity contribution in [3.8, 4) is 5.75 Å². The van der Waals surface area contributed by atoms with E-state index < -0.39 is 34.3 Å². The quantitative estimate of drug-likeness (QED) is 0.736. The van der Waals surface area contributed by atoms with E-state index in [1.807, 2.05) is 0 Å². The first-order chi connectivity index (χ1) is 14.2. The number of ether oxygens (including phenoxy) is 1. The minimum atomic E-state index is -4.51. The van der Waals surface area contributed by atoms with Gasteiger partial charge in [0.1, 0.15) is 5.75 Å². The number of benzene rings is 2. The number of carbonyl (C=O) groups excluding carboxylic acids is 1. The lowest BCUT2D eigenvalue weighted by Crippen LogP contribution is -2.35. The van der Waals surface area contributed by atoms with Crippen LogP contribution in [0.1, 0.15) is 24.8 Å². The maximum absolute atomic E-state index is 12.7. The molecule has 0 radical (unpaired) electrons. The van der Waals surface area contributed by atoms with E-state index in [1.165, 1.54) is 40.7 Å². The topological polar surface area (TPSA) is 75.7 Å². The van der Waals surface area contributed by atoms with Gasteiger partial charge >= 0.3 is 6.18 Å². The van der Waals surface area contributed by atoms with Crippen molar-refractivity contribution < 1.29 is 31.1 Å². The van der Waals surface area contributed by atoms with E-state index in [2.05, 4.69) is 5.32 Å². The summed E-state index contributed by atoms with van der Waals surface area (Å²) in [6.07, 6.45) is -1.82. The number of hydrogen-bond acceptors (Lipinski definition) is 4. The third-order valence-electron chi connectivity index (χ3n) is 4.62. The number of piperidine rings is 1. The van der Waals surface area contributed by atoms with Gasteiger partial charge in [-0.3, -0.25) is 4.79 Å². The number of sulfonamides is 1. The normalized spacial score (nSPS) is 15.6. The number of alkyl halides is 3. The number of nitrogens with one attached hydrogen (secondary N) is 1. The number of amides is 1. The first-order valence-corrected chi connectivity index (χ1v) is 10.8. The highest BCUT2D eigenvalue weighted by Gasteiger charge is 2.30. The lowest BCUT2D eigenvalue weighted by atomic mass is 10.2. The predicted molar refractivity (Wildman–Crippen MR) is 105 cm³/mol. The molecular weight excluding hydrogens is 421 g/mol. The van der Waals surface area contributed by atoms with Crippen molar-refractivity contribution in [2.45, 2.75) is 30.3 Å². The van der Waals surface area contributed by atoms with Crippen LogP contribution in [0.3, 0.4) is 0 Å². The monoisotopic (exact) mass is 442 g/mol. The minimum Gasteiger partial charge on any atom is -0.484 e. The Labute approximate surface area is 172 Å². The van der Waals surface area contributed by atoms with Crippen molar-refractivity contribution >= 4 is 21.6 Å². The van der Waals surface area contributed by atoms with Gasteiger partial charge in [-0.25, -0.2) is 8.42 Å². The van der Waals surface area contributed by atoms with E-state index in [9.17, 15) is 26.4 Å². The number of rotatable bonds is 6. The average molecular weight is 442 g/mol. The molecule has 2 aromatic carbocycles. The summed E-state index contributed by atoms with van der Waals surface area (Å²) >= 11 is 0. The molecule has 2 aromatic rings. The Kier molecular flexibility index (Phi) is 6.67. The van der Waals surface area contributed by atoms with Crippen molar-refractivity contribution in [2.75, 3.05) is 25.0 Å². The van der Waals surface area contributed by atoms with Crippen LogP contribution in [0.15, 0.2) is 53.4 Å². The molecule has 0 bridgehead atoms. The second-order valence-electron chi connectivity index (χ2n) is 6.85. The Morgan fingerprint density at radius 2 is 1.70 bits per heavy atom. The van der Waals surface area contributed by atoms with Gasteiger partial charge in [0.2, 0.25) is 10.0 Å². The Morgan fingerprint density at radius 3 is 2.33 bits per heavy atom. The van der Waals surface area contributed by atoms with E-state index in [0.29, 0.717) is 13.1 Å². The number of hydrogen-bond donors (Lipinski definition) is 1. The molecule has 10 heteroatoms. The molecule has 0 spiro atoms. The van der Waals surface area contributed by atoms with Crippen LogP contribution in [-0.4, -0.2) is 38.3 Å². The van der Waals surface area contributed by atoms with E-state index >= 15 is 0 Å². The fourth-order valence-corrected chi connectivity index (χ4v) is 4.60. The number of anilines is 1. The van der Waals surface area contributed by atoms with Crippen molar-refractivity contribution in [1.82, 2.24) is 4.31 Å². The molecule has 0 unspecified atom stereocenters. The van der Waals surface area contributed by atoms with Crippen molar-refractivity contribution in [2.24, 2.45) is 0 Å². The van der Waals surface area contributed by atoms with Crippen LogP contribution in [0.2, 0.25) is 0 Å². The van der Waals surface area contributed by atoms with Gasteiger partial charge in [0.15, 0.2) is 6.61 Å². The average Bonchev–Trinajstić information content (AvgIpc) is 2.73. The summed E-state index contributed by atoms with van der Waals surface area (Å²) in [5, 5.41) is 2.34. The van der Waals surface area contributed by atoms with E-state index in [0.717, 1.165) is 31.4 Å². The molecular formula is C20H21F3N2O4S. The van der Waals surface area contributed by atoms with Gasteiger partial charge in [0.25, 0.3) is 5.91 Å². The summed E-state index contributed by atoms with van der Waals surface area (Å²) in [5.41, 5.74) is -0.867. The Bertz CT molecular complexity index is 986. The molecule has 1 aliphatic heterocycles. The lowest BCUT2D eigenvalue weighted by Gasteiger charge is -2.25. The lowest BCUT2D eigenvalue weighted by molar-refractivity contribution is -0.137. The summed E-state index contributed by atoms with van der Waals surface area (Å²) in [6.45, 7) is 0.557. The molecule has 6 nitrogen and oxygen atoms in total. The molecule has 0 aromatic heterocycles. The van der Waals surface area contributed by atoms with Gasteiger partial charge in [-0.05, 0) is 55.3 Å². The molecule has 1 aliphatic rings. The molecule has 0 aliphatic carbocycles. The number of nitrogens with zero attached hydrogens (tertiary/aromatic N) is 1. The van der Waals surface area contributed by atoms with Crippen LogP contribution in [-0.2, 0) is 21.0 Å². The summed E-state index contributed by atoms with van der Waals surface area (Å²) in [7, 11) is -3.56. The van der Waals surface area contributed by atoms with Crippen LogP contribution < -0.4 is 10.1 Å². The molecule has 0 saturated carbocycles. The molecule has 1 saturated heterocycles. The van der Waals surface area contributed by atoms with Gasteiger partial charge < -0.3 is 10.1 Å². The molecule has 3 rings (SSSR count). The standard InChI is InChI=1S/C20H21F3N2O4S/c21-20(22,23)15-5-4-6-16(13-15)24-19(26)14-29-17-7-9-18(10-8-17)30(27,28)25-11-2-1-3-12-25/h4-10,13H,1-3,11-12,14H2,(H,24,26). The second-order valence-corrected chi connectivity index (χ2v) is 8.79. The van der Waals surface area contributed by atoms with Crippen molar-refractivity contribution in [1.29, 1.82) is 0 Å². The third-order valence-corrected chi connectivity index (χ3v) is 6.53. The van der Waals surface area contributed by atoms with Crippen LogP contribution in [0, 0.1) is 0 Å². The molecule has 30 heavy (non-hydrogen) atoms. The maximum atomic E-state index is 12.7. The molecule has 1 heterocycles. The smallest absolute Gasteiger partial charge is 0.416 e. The van der Waals surface area contributed by atoms with Gasteiger partial charge in [-0.15, -0.1) is 0 Å². The zero-order chi connectivity index (χ0) is 21.8. The second kappa shape index (κ2) is 9.05. The van der Waals surface area contributed by atoms with Gasteiger partial charge in [0.05, 0.1) is 10.5 Å². The highest BCUT2D eigenvalue weighted by molar-refractivity contribution is 7.89. The molecule has 1 fully saturated rings. The predicted octanol–water partition coefficient (Wildman–Crippen LogP) is 3.90. The third kappa shape index (κ3) is 5.51. The number of halogens is 3. The van der Waals surface area contributed by atoms with Crippen LogP contribution in [0.4, 0.5) is 18.9 Å². The first-order valence-electron chi connectivity index (χ1n) is 9.36. The zero-order valence-electron chi connectivity index (χ0n) is 16.0. The van der Waals surface area contributed by atoms with Crippen molar-refractivity contribution in [3.05, 3.63) is 54.1 Å². The van der Waals surface area contributed by atoms with Gasteiger partial charge in [-0.1, -0.05) is 12.5 Å². The minimum absolute atomic E-state index is 0.00129. The molecule has 162 valence electrons. The van der Waals surface area contributed by atoms with Crippen molar-refractivity contribution in [3.63, 3.8) is 0 Å². The Morgan fingerprint density at radius 1 is 1.03 bits per heavy atom. The zero-order valence-corrected chi connectivity index (χ0v) is 16.8. The summed E-state index contributed by atoms with van der Waals surface area (Å²) in [4.78, 5) is 12.1.